The maximum atomic E-state index is 12.9. The number of hydrogen-bond acceptors (Lipinski definition) is 19. The molecule has 0 unspecified atom stereocenters. The van der Waals surface area contributed by atoms with E-state index in [1.54, 1.807) is 43.2 Å². The molecule has 2 aliphatic carbocycles. The first-order valence-corrected chi connectivity index (χ1v) is 22.5. The van der Waals surface area contributed by atoms with Crippen LogP contribution in [0.25, 0.3) is 40.9 Å². The van der Waals surface area contributed by atoms with Gasteiger partial charge in [-0.05, 0) is 84.8 Å². The monoisotopic (exact) mass is 890 g/mol. The normalized spacial score (nSPS) is 17.2. The van der Waals surface area contributed by atoms with Crippen LogP contribution in [0.5, 0.6) is 11.5 Å². The van der Waals surface area contributed by atoms with Gasteiger partial charge in [-0.3, -0.25) is 9.59 Å². The number of nitrogens with zero attached hydrogens (tertiary/aromatic N) is 10. The molecule has 8 aromatic rings. The van der Waals surface area contributed by atoms with Gasteiger partial charge in [-0.1, -0.05) is 8.98 Å². The number of fused-ring (bicyclic) bond motifs is 8. The summed E-state index contributed by atoms with van der Waals surface area (Å²) in [6.45, 7) is 1.12. The minimum Gasteiger partial charge on any atom is -0.494 e. The molecule has 21 heteroatoms. The lowest BCUT2D eigenvalue weighted by Gasteiger charge is -2.38. The standard InChI is InChI=1S/C22H19N7O2S2.C18H15N5O3S2/c1-31-16-5-15-18(33-28-27-15)6-14(16)26-20-19-13-3-2-12(22(30)29-8-11(7-23)9-29)4-17(13)32-21(19)25-10-24-20;1-26-12-5-11-14(28-23-22-11)6-10(12)21-16-15-9-3-2-8(18(24)25)4-13(9)27-17(15)20-7-19-16/h5-6,10-12H,2-4,8-9H2,1H3,(H,24,25,26);5-8H,2-4H2,1H3,(H,24,25)(H,19,20,21)/t12-;8-/m00/s1. The van der Waals surface area contributed by atoms with Crippen LogP contribution in [0.4, 0.5) is 23.0 Å². The van der Waals surface area contributed by atoms with Gasteiger partial charge >= 0.3 is 5.97 Å². The van der Waals surface area contributed by atoms with Gasteiger partial charge in [0.2, 0.25) is 5.91 Å². The number of hydrogen-bond donors (Lipinski definition) is 3. The largest absolute Gasteiger partial charge is 0.494 e. The molecule has 6 aromatic heterocycles. The van der Waals surface area contributed by atoms with Crippen LogP contribution < -0.4 is 20.1 Å². The van der Waals surface area contributed by atoms with E-state index in [1.165, 1.54) is 39.8 Å². The van der Waals surface area contributed by atoms with Gasteiger partial charge in [-0.2, -0.15) is 5.26 Å². The lowest BCUT2D eigenvalue weighted by Crippen LogP contribution is -2.52. The van der Waals surface area contributed by atoms with Crippen LogP contribution in [0, 0.1) is 29.1 Å². The van der Waals surface area contributed by atoms with Crippen molar-refractivity contribution < 1.29 is 24.2 Å². The quantitative estimate of drug-likeness (QED) is 0.137. The van der Waals surface area contributed by atoms with Crippen LogP contribution >= 0.6 is 45.7 Å². The summed E-state index contributed by atoms with van der Waals surface area (Å²) in [7, 11) is 3.24. The number of methoxy groups -OCH3 is 2. The summed E-state index contributed by atoms with van der Waals surface area (Å²) in [6, 6.07) is 9.87. The highest BCUT2D eigenvalue weighted by Crippen LogP contribution is 2.44. The smallest absolute Gasteiger partial charge is 0.306 e. The van der Waals surface area contributed by atoms with E-state index in [0.29, 0.717) is 56.1 Å². The number of anilines is 4. The Labute approximate surface area is 362 Å². The Bertz CT molecular complexity index is 3060. The summed E-state index contributed by atoms with van der Waals surface area (Å²) in [5, 5.41) is 35.4. The second-order valence-corrected chi connectivity index (χ2v) is 18.7. The van der Waals surface area contributed by atoms with Crippen LogP contribution in [0.1, 0.15) is 33.7 Å². The highest BCUT2D eigenvalue weighted by atomic mass is 32.1. The fourth-order valence-electron chi connectivity index (χ4n) is 8.24. The van der Waals surface area contributed by atoms with Crippen molar-refractivity contribution in [2.75, 3.05) is 37.9 Å². The lowest BCUT2D eigenvalue weighted by atomic mass is 9.85. The molecule has 1 amide bonds. The summed E-state index contributed by atoms with van der Waals surface area (Å²) in [5.74, 6) is 1.82. The van der Waals surface area contributed by atoms with Gasteiger partial charge in [0.25, 0.3) is 0 Å². The molecule has 2 atom stereocenters. The van der Waals surface area contributed by atoms with Gasteiger partial charge in [-0.15, -0.1) is 32.9 Å². The molecule has 1 aliphatic heterocycles. The highest BCUT2D eigenvalue weighted by molar-refractivity contribution is 7.19. The van der Waals surface area contributed by atoms with E-state index in [4.69, 9.17) is 14.7 Å². The molecular weight excluding hydrogens is 857 g/mol. The minimum atomic E-state index is -0.733. The van der Waals surface area contributed by atoms with Gasteiger partial charge in [-0.25, -0.2) is 19.9 Å². The molecule has 1 fully saturated rings. The van der Waals surface area contributed by atoms with Crippen LogP contribution in [0.2, 0.25) is 0 Å². The van der Waals surface area contributed by atoms with E-state index in [-0.39, 0.29) is 23.7 Å². The van der Waals surface area contributed by atoms with Crippen molar-refractivity contribution in [3.63, 3.8) is 0 Å². The summed E-state index contributed by atoms with van der Waals surface area (Å²) < 4.78 is 21.0. The molecule has 308 valence electrons. The van der Waals surface area contributed by atoms with Gasteiger partial charge in [0.1, 0.15) is 56.5 Å². The van der Waals surface area contributed by atoms with Gasteiger partial charge < -0.3 is 30.1 Å². The number of carbonyl (C=O) groups excluding carboxylic acids is 1. The van der Waals surface area contributed by atoms with Crippen LogP contribution in [-0.2, 0) is 35.3 Å². The molecule has 2 aromatic carbocycles. The number of aliphatic carboxylic acids is 1. The first-order chi connectivity index (χ1) is 29.8. The maximum absolute atomic E-state index is 12.9. The number of nitrogens with one attached hydrogen (secondary N) is 2. The number of thiophene rings is 2. The SMILES string of the molecule is COc1cc2nnsc2cc1Nc1ncnc2sc3c(c12)CC[C@H](C(=O)N1CC(C#N)C1)C3.COc1cc2nnsc2cc1Nc1ncnc2sc3c(c12)CC[C@H](C(=O)O)C3. The number of benzene rings is 2. The van der Waals surface area contributed by atoms with E-state index >= 15 is 0 Å². The Morgan fingerprint density at radius 1 is 0.770 bits per heavy atom. The van der Waals surface area contributed by atoms with Crippen molar-refractivity contribution in [2.24, 2.45) is 17.8 Å². The topological polar surface area (TPSA) is 227 Å². The number of likely N-dealkylation sites (tertiary alicyclic amines) is 1. The number of aromatic nitrogens is 8. The van der Waals surface area contributed by atoms with Crippen molar-refractivity contribution in [3.8, 4) is 17.6 Å². The van der Waals surface area contributed by atoms with E-state index in [1.807, 2.05) is 29.2 Å². The number of amides is 1. The maximum Gasteiger partial charge on any atom is 0.306 e. The van der Waals surface area contributed by atoms with Crippen molar-refractivity contribution in [1.29, 1.82) is 5.26 Å². The molecule has 7 heterocycles. The van der Waals surface area contributed by atoms with E-state index in [2.05, 4.69) is 55.8 Å². The molecule has 0 saturated carbocycles. The van der Waals surface area contributed by atoms with E-state index in [9.17, 15) is 14.7 Å². The Hall–Kier alpha value is -6.21. The molecule has 0 spiro atoms. The molecule has 61 heavy (non-hydrogen) atoms. The number of nitriles is 1. The molecule has 17 nitrogen and oxygen atoms in total. The van der Waals surface area contributed by atoms with Crippen molar-refractivity contribution in [1.82, 2.24) is 44.0 Å². The third-order valence-corrected chi connectivity index (χ3v) is 15.1. The number of carboxylic acids is 1. The van der Waals surface area contributed by atoms with Gasteiger partial charge in [0.05, 0.1) is 63.7 Å². The van der Waals surface area contributed by atoms with E-state index in [0.717, 1.165) is 81.3 Å². The van der Waals surface area contributed by atoms with Crippen LogP contribution in [0.3, 0.4) is 0 Å². The summed E-state index contributed by atoms with van der Waals surface area (Å²) in [6.07, 6.45) is 7.29. The van der Waals surface area contributed by atoms with Gasteiger partial charge in [0.15, 0.2) is 0 Å². The predicted molar refractivity (Wildman–Crippen MR) is 234 cm³/mol. The van der Waals surface area contributed by atoms with Crippen molar-refractivity contribution in [3.05, 3.63) is 57.8 Å². The molecule has 0 bridgehead atoms. The second-order valence-electron chi connectivity index (χ2n) is 14.9. The van der Waals surface area contributed by atoms with Crippen LogP contribution in [0.15, 0.2) is 36.9 Å². The van der Waals surface area contributed by atoms with Crippen molar-refractivity contribution >= 4 is 121 Å². The molecular formula is C40H34N12O5S4. The number of rotatable bonds is 8. The molecule has 11 rings (SSSR count). The number of carboxylic acid groups (broad SMARTS) is 1. The zero-order valence-electron chi connectivity index (χ0n) is 32.5. The fraction of sp³-hybridized carbons (Fsp3) is 0.325. The molecule has 3 aliphatic rings. The first-order valence-electron chi connectivity index (χ1n) is 19.3. The second kappa shape index (κ2) is 16.0. The summed E-state index contributed by atoms with van der Waals surface area (Å²) >= 11 is 5.85. The highest BCUT2D eigenvalue weighted by Gasteiger charge is 2.37. The first kappa shape index (κ1) is 39.0. The number of ether oxygens (including phenoxy) is 2. The molecule has 0 radical (unpaired) electrons. The summed E-state index contributed by atoms with van der Waals surface area (Å²) in [4.78, 5) is 48.1. The average molecular weight is 891 g/mol. The minimum absolute atomic E-state index is 0.0155. The van der Waals surface area contributed by atoms with Crippen molar-refractivity contribution in [2.45, 2.75) is 38.5 Å². The number of carbonyl (C=O) groups is 2. The zero-order chi connectivity index (χ0) is 41.8. The Kier molecular flexibility index (Phi) is 10.2. The Morgan fingerprint density at radius 3 is 1.77 bits per heavy atom. The van der Waals surface area contributed by atoms with Gasteiger partial charge in [0, 0.05) is 40.9 Å². The molecule has 1 saturated heterocycles. The third kappa shape index (κ3) is 7.18. The fourth-order valence-corrected chi connectivity index (χ4v) is 11.9. The summed E-state index contributed by atoms with van der Waals surface area (Å²) in [5.41, 5.74) is 5.53. The lowest BCUT2D eigenvalue weighted by molar-refractivity contribution is -0.142. The number of aryl methyl sites for hydroxylation is 2. The Morgan fingerprint density at radius 2 is 1.28 bits per heavy atom. The molecule has 3 N–H and O–H groups in total. The van der Waals surface area contributed by atoms with E-state index < -0.39 is 5.97 Å². The average Bonchev–Trinajstić information content (AvgIpc) is 4.07. The predicted octanol–water partition coefficient (Wildman–Crippen LogP) is 7.17. The Balaban J connectivity index is 0.000000148. The third-order valence-electron chi connectivity index (χ3n) is 11.4. The zero-order valence-corrected chi connectivity index (χ0v) is 35.8. The van der Waals surface area contributed by atoms with Crippen LogP contribution in [-0.4, -0.2) is 88.3 Å².